The number of nitrogens with zero attached hydrogens (tertiary/aromatic N) is 2. The fourth-order valence-corrected chi connectivity index (χ4v) is 4.35. The number of hydrogen-bond acceptors (Lipinski definition) is 6. The molecule has 0 radical (unpaired) electrons. The molecule has 4 rings (SSSR count). The van der Waals surface area contributed by atoms with Crippen molar-refractivity contribution < 1.29 is 14.3 Å². The molecule has 2 amide bonds. The first-order valence-corrected chi connectivity index (χ1v) is 11.6. The van der Waals surface area contributed by atoms with E-state index in [1.165, 1.54) is 10.8 Å². The number of nitrogens with one attached hydrogen (secondary N) is 3. The van der Waals surface area contributed by atoms with Crippen LogP contribution in [-0.4, -0.2) is 27.4 Å². The van der Waals surface area contributed by atoms with Gasteiger partial charge >= 0.3 is 6.09 Å². The van der Waals surface area contributed by atoms with Crippen molar-refractivity contribution in [2.45, 2.75) is 44.9 Å². The van der Waals surface area contributed by atoms with Crippen LogP contribution in [0.5, 0.6) is 0 Å². The van der Waals surface area contributed by atoms with E-state index in [4.69, 9.17) is 15.9 Å². The van der Waals surface area contributed by atoms with Gasteiger partial charge in [-0.05, 0) is 24.0 Å². The Morgan fingerprint density at radius 1 is 1.14 bits per heavy atom. The number of fused-ring (bicyclic) bond motifs is 1. The molecule has 0 spiro atoms. The third kappa shape index (κ3) is 4.97. The summed E-state index contributed by atoms with van der Waals surface area (Å²) < 4.78 is 6.61. The number of aromatic nitrogens is 2. The van der Waals surface area contributed by atoms with Gasteiger partial charge in [-0.3, -0.25) is 24.9 Å². The zero-order chi connectivity index (χ0) is 25.7. The van der Waals surface area contributed by atoms with Crippen LogP contribution in [0, 0.1) is 5.41 Å². The van der Waals surface area contributed by atoms with Crippen molar-refractivity contribution in [1.82, 2.24) is 14.9 Å². The van der Waals surface area contributed by atoms with Gasteiger partial charge in [0.1, 0.15) is 29.5 Å². The maximum absolute atomic E-state index is 13.4. The number of amidine groups is 1. The van der Waals surface area contributed by atoms with E-state index in [0.717, 1.165) is 11.1 Å². The summed E-state index contributed by atoms with van der Waals surface area (Å²) in [5.74, 6) is 0.163. The molecule has 36 heavy (non-hydrogen) atoms. The molecule has 2 aromatic carbocycles. The van der Waals surface area contributed by atoms with Crippen LogP contribution in [-0.2, 0) is 34.6 Å². The average Bonchev–Trinajstić information content (AvgIpc) is 3.29. The summed E-state index contributed by atoms with van der Waals surface area (Å²) in [6.45, 7) is 2.15. The lowest BCUT2D eigenvalue weighted by atomic mass is 9.92. The van der Waals surface area contributed by atoms with Crippen molar-refractivity contribution >= 4 is 23.5 Å². The highest BCUT2D eigenvalue weighted by molar-refractivity contribution is 5.94. The molecule has 2 heterocycles. The average molecular weight is 489 g/mol. The summed E-state index contributed by atoms with van der Waals surface area (Å²) in [4.78, 5) is 43.4. The van der Waals surface area contributed by atoms with Gasteiger partial charge < -0.3 is 15.8 Å². The van der Waals surface area contributed by atoms with Crippen LogP contribution >= 0.6 is 0 Å². The number of carbonyl (C=O) groups is 2. The maximum Gasteiger partial charge on any atom is 0.412 e. The highest BCUT2D eigenvalue weighted by atomic mass is 16.5. The predicted octanol–water partition coefficient (Wildman–Crippen LogP) is 2.64. The number of aryl methyl sites for hydroxylation is 1. The Labute approximate surface area is 208 Å². The SMILES string of the molecule is CCC1(C(=O)NCc2ccc(C(=N)N)cc2)CCc2ncc(NC(=O)OCc3ccccc3)c(=O)n21. The second kappa shape index (κ2) is 10.4. The second-order valence-corrected chi connectivity index (χ2v) is 8.59. The van der Waals surface area contributed by atoms with Crippen LogP contribution < -0.4 is 21.9 Å². The summed E-state index contributed by atoms with van der Waals surface area (Å²) in [7, 11) is 0. The van der Waals surface area contributed by atoms with E-state index in [2.05, 4.69) is 15.6 Å². The molecule has 1 aliphatic rings. The quantitative estimate of drug-likeness (QED) is 0.283. The number of nitrogens with two attached hydrogens (primary N) is 1. The van der Waals surface area contributed by atoms with Gasteiger partial charge in [0.15, 0.2) is 0 Å². The smallest absolute Gasteiger partial charge is 0.412 e. The Hall–Kier alpha value is -4.47. The lowest BCUT2D eigenvalue weighted by Crippen LogP contribution is -2.50. The minimum atomic E-state index is -1.12. The van der Waals surface area contributed by atoms with Gasteiger partial charge in [-0.1, -0.05) is 61.5 Å². The van der Waals surface area contributed by atoms with Crippen LogP contribution in [0.3, 0.4) is 0 Å². The Morgan fingerprint density at radius 3 is 2.53 bits per heavy atom. The van der Waals surface area contributed by atoms with Gasteiger partial charge in [-0.25, -0.2) is 9.78 Å². The molecule has 0 saturated carbocycles. The third-order valence-corrected chi connectivity index (χ3v) is 6.40. The summed E-state index contributed by atoms with van der Waals surface area (Å²) >= 11 is 0. The Morgan fingerprint density at radius 2 is 1.86 bits per heavy atom. The zero-order valence-corrected chi connectivity index (χ0v) is 19.9. The van der Waals surface area contributed by atoms with Crippen molar-refractivity contribution in [3.63, 3.8) is 0 Å². The Bertz CT molecular complexity index is 1340. The van der Waals surface area contributed by atoms with Crippen molar-refractivity contribution in [2.75, 3.05) is 5.32 Å². The molecular formula is C26H28N6O4. The molecule has 0 fully saturated rings. The van der Waals surface area contributed by atoms with Gasteiger partial charge in [0.25, 0.3) is 5.56 Å². The van der Waals surface area contributed by atoms with Crippen molar-refractivity contribution in [2.24, 2.45) is 5.73 Å². The molecule has 1 atom stereocenters. The van der Waals surface area contributed by atoms with Crippen LogP contribution in [0.15, 0.2) is 65.6 Å². The number of rotatable bonds is 8. The van der Waals surface area contributed by atoms with E-state index in [1.807, 2.05) is 37.3 Å². The van der Waals surface area contributed by atoms with Gasteiger partial charge in [0.05, 0.1) is 6.20 Å². The lowest BCUT2D eigenvalue weighted by Gasteiger charge is -2.29. The number of hydrogen-bond donors (Lipinski definition) is 4. The molecule has 1 aromatic heterocycles. The van der Waals surface area contributed by atoms with Gasteiger partial charge in [0.2, 0.25) is 5.91 Å². The largest absolute Gasteiger partial charge is 0.444 e. The van der Waals surface area contributed by atoms with E-state index in [1.54, 1.807) is 24.3 Å². The Kier molecular flexibility index (Phi) is 7.14. The van der Waals surface area contributed by atoms with Crippen molar-refractivity contribution in [1.29, 1.82) is 5.41 Å². The molecule has 0 bridgehead atoms. The minimum Gasteiger partial charge on any atom is -0.444 e. The molecule has 0 saturated heterocycles. The minimum absolute atomic E-state index is 0.0293. The monoisotopic (exact) mass is 488 g/mol. The summed E-state index contributed by atoms with van der Waals surface area (Å²) in [5, 5.41) is 12.9. The number of nitrogen functional groups attached to an aromatic ring is 1. The zero-order valence-electron chi connectivity index (χ0n) is 19.9. The molecule has 1 unspecified atom stereocenters. The second-order valence-electron chi connectivity index (χ2n) is 8.59. The summed E-state index contributed by atoms with van der Waals surface area (Å²) in [5.41, 5.74) is 6.06. The van der Waals surface area contributed by atoms with Crippen LogP contribution in [0.2, 0.25) is 0 Å². The molecule has 186 valence electrons. The number of ether oxygens (including phenoxy) is 1. The first-order chi connectivity index (χ1) is 17.3. The highest BCUT2D eigenvalue weighted by Gasteiger charge is 2.45. The molecule has 3 aromatic rings. The fourth-order valence-electron chi connectivity index (χ4n) is 4.35. The highest BCUT2D eigenvalue weighted by Crippen LogP contribution is 2.33. The fraction of sp³-hybridized carbons (Fsp3) is 0.269. The van der Waals surface area contributed by atoms with Gasteiger partial charge in [0, 0.05) is 18.5 Å². The number of amides is 2. The Balaban J connectivity index is 1.49. The van der Waals surface area contributed by atoms with E-state index in [0.29, 0.717) is 30.7 Å². The molecule has 10 nitrogen and oxygen atoms in total. The normalized spacial score (nSPS) is 16.1. The summed E-state index contributed by atoms with van der Waals surface area (Å²) in [6.07, 6.45) is 1.78. The van der Waals surface area contributed by atoms with Crippen LogP contribution in [0.1, 0.15) is 42.3 Å². The first-order valence-electron chi connectivity index (χ1n) is 11.6. The number of benzene rings is 2. The van der Waals surface area contributed by atoms with E-state index < -0.39 is 17.2 Å². The third-order valence-electron chi connectivity index (χ3n) is 6.40. The predicted molar refractivity (Wildman–Crippen MR) is 135 cm³/mol. The van der Waals surface area contributed by atoms with Crippen molar-refractivity contribution in [3.8, 4) is 0 Å². The number of carbonyl (C=O) groups excluding carboxylic acids is 2. The summed E-state index contributed by atoms with van der Waals surface area (Å²) in [6, 6.07) is 16.2. The molecule has 0 aliphatic carbocycles. The van der Waals surface area contributed by atoms with Crippen molar-refractivity contribution in [3.05, 3.63) is 93.7 Å². The molecule has 1 aliphatic heterocycles. The van der Waals surface area contributed by atoms with Gasteiger partial charge in [-0.15, -0.1) is 0 Å². The van der Waals surface area contributed by atoms with E-state index >= 15 is 0 Å². The standard InChI is InChI=1S/C26H28N6O4/c1-2-26(24(34)30-14-17-8-10-19(11-9-17)22(27)28)13-12-21-29-15-20(23(33)32(21)26)31-25(35)36-16-18-6-4-3-5-7-18/h3-11,15H,2,12-14,16H2,1H3,(H3,27,28)(H,30,34)(H,31,35). The number of anilines is 1. The topological polar surface area (TPSA) is 152 Å². The molecule has 5 N–H and O–H groups in total. The van der Waals surface area contributed by atoms with E-state index in [-0.39, 0.29) is 30.6 Å². The molecular weight excluding hydrogens is 460 g/mol. The van der Waals surface area contributed by atoms with E-state index in [9.17, 15) is 14.4 Å². The van der Waals surface area contributed by atoms with Crippen LogP contribution in [0.25, 0.3) is 0 Å². The molecule has 10 heteroatoms. The van der Waals surface area contributed by atoms with Crippen LogP contribution in [0.4, 0.5) is 10.5 Å². The maximum atomic E-state index is 13.4. The first kappa shape index (κ1) is 24.6. The lowest BCUT2D eigenvalue weighted by molar-refractivity contribution is -0.130. The van der Waals surface area contributed by atoms with Gasteiger partial charge in [-0.2, -0.15) is 0 Å².